The number of thiazole rings is 1. The molecule has 1 heterocycles. The van der Waals surface area contributed by atoms with Crippen molar-refractivity contribution in [2.24, 2.45) is 10.7 Å². The summed E-state index contributed by atoms with van der Waals surface area (Å²) in [5.74, 6) is 0.674. The van der Waals surface area contributed by atoms with Gasteiger partial charge in [-0.3, -0.25) is 4.99 Å². The highest BCUT2D eigenvalue weighted by molar-refractivity contribution is 14.0. The molecule has 1 aliphatic carbocycles. The zero-order chi connectivity index (χ0) is 14.4. The second-order valence-corrected chi connectivity index (χ2v) is 6.37. The van der Waals surface area contributed by atoms with Gasteiger partial charge in [0.1, 0.15) is 0 Å². The Morgan fingerprint density at radius 1 is 1.29 bits per heavy atom. The lowest BCUT2D eigenvalue weighted by Gasteiger charge is -2.19. The van der Waals surface area contributed by atoms with Gasteiger partial charge in [-0.2, -0.15) is 0 Å². The van der Waals surface area contributed by atoms with E-state index in [1.54, 1.807) is 0 Å². The van der Waals surface area contributed by atoms with Crippen LogP contribution in [0.2, 0.25) is 0 Å². The van der Waals surface area contributed by atoms with E-state index in [9.17, 15) is 0 Å². The highest BCUT2D eigenvalue weighted by atomic mass is 127. The summed E-state index contributed by atoms with van der Waals surface area (Å²) in [5.41, 5.74) is 7.32. The summed E-state index contributed by atoms with van der Waals surface area (Å²) in [4.78, 5) is 12.8. The first-order chi connectivity index (χ1) is 9.74. The molecule has 0 aliphatic heterocycles. The molecule has 4 nitrogen and oxygen atoms in total. The van der Waals surface area contributed by atoms with Gasteiger partial charge in [0, 0.05) is 30.9 Å². The van der Waals surface area contributed by atoms with E-state index in [2.05, 4.69) is 23.7 Å². The van der Waals surface area contributed by atoms with Gasteiger partial charge in [0.15, 0.2) is 5.96 Å². The molecule has 0 aromatic carbocycles. The molecule has 0 atom stereocenters. The molecule has 2 N–H and O–H groups in total. The number of hydrogen-bond acceptors (Lipinski definition) is 3. The molecule has 0 fully saturated rings. The van der Waals surface area contributed by atoms with Gasteiger partial charge in [-0.15, -0.1) is 35.3 Å². The van der Waals surface area contributed by atoms with Gasteiger partial charge in [-0.05, 0) is 46.0 Å². The molecule has 0 bridgehead atoms. The van der Waals surface area contributed by atoms with Crippen molar-refractivity contribution >= 4 is 41.3 Å². The van der Waals surface area contributed by atoms with Crippen LogP contribution in [-0.2, 0) is 19.3 Å². The highest BCUT2D eigenvalue weighted by Gasteiger charge is 2.14. The van der Waals surface area contributed by atoms with Gasteiger partial charge in [-0.1, -0.05) is 0 Å². The Balaban J connectivity index is 0.00000220. The maximum Gasteiger partial charge on any atom is 0.191 e. The van der Waals surface area contributed by atoms with Crippen LogP contribution in [0.25, 0.3) is 0 Å². The van der Waals surface area contributed by atoms with E-state index in [1.165, 1.54) is 41.3 Å². The van der Waals surface area contributed by atoms with E-state index in [0.717, 1.165) is 32.5 Å². The predicted molar refractivity (Wildman–Crippen MR) is 102 cm³/mol. The average molecular weight is 422 g/mol. The smallest absolute Gasteiger partial charge is 0.191 e. The first-order valence-electron chi connectivity index (χ1n) is 7.76. The van der Waals surface area contributed by atoms with E-state index >= 15 is 0 Å². The van der Waals surface area contributed by atoms with Crippen molar-refractivity contribution in [2.45, 2.75) is 52.4 Å². The molecular formula is C15H27IN4S. The number of nitrogens with zero attached hydrogens (tertiary/aromatic N) is 3. The minimum absolute atomic E-state index is 0. The van der Waals surface area contributed by atoms with Crippen molar-refractivity contribution in [3.05, 3.63) is 15.6 Å². The lowest BCUT2D eigenvalue weighted by atomic mass is 10.0. The number of aliphatic imine (C=N–C) groups is 1. The number of aryl methyl sites for hydroxylation is 3. The summed E-state index contributed by atoms with van der Waals surface area (Å²) in [5, 5.41) is 1.29. The average Bonchev–Trinajstić information content (AvgIpc) is 2.87. The van der Waals surface area contributed by atoms with Crippen LogP contribution in [-0.4, -0.2) is 35.5 Å². The Kier molecular flexibility index (Phi) is 8.55. The minimum atomic E-state index is 0. The van der Waals surface area contributed by atoms with E-state index < -0.39 is 0 Å². The summed E-state index contributed by atoms with van der Waals surface area (Å²) in [6.07, 6.45) is 7.13. The molecular weight excluding hydrogens is 395 g/mol. The van der Waals surface area contributed by atoms with E-state index in [0.29, 0.717) is 5.96 Å². The van der Waals surface area contributed by atoms with Gasteiger partial charge in [0.25, 0.3) is 0 Å². The monoisotopic (exact) mass is 422 g/mol. The zero-order valence-electron chi connectivity index (χ0n) is 13.1. The Morgan fingerprint density at radius 3 is 2.67 bits per heavy atom. The fourth-order valence-corrected chi connectivity index (χ4v) is 3.78. The number of halogens is 1. The molecule has 0 unspecified atom stereocenters. The molecule has 0 saturated heterocycles. The van der Waals surface area contributed by atoms with Crippen LogP contribution < -0.4 is 5.73 Å². The summed E-state index contributed by atoms with van der Waals surface area (Å²) in [6, 6.07) is 0. The van der Waals surface area contributed by atoms with Crippen molar-refractivity contribution < 1.29 is 0 Å². The number of hydrogen-bond donors (Lipinski definition) is 1. The molecule has 0 amide bonds. The Hall–Kier alpha value is -0.370. The van der Waals surface area contributed by atoms with Crippen LogP contribution in [0.3, 0.4) is 0 Å². The van der Waals surface area contributed by atoms with Crippen LogP contribution in [0, 0.1) is 0 Å². The number of fused-ring (bicyclic) bond motifs is 1. The molecule has 1 aromatic heterocycles. The topological polar surface area (TPSA) is 54.5 Å². The van der Waals surface area contributed by atoms with Gasteiger partial charge in [-0.25, -0.2) is 4.98 Å². The standard InChI is InChI=1S/C15H26N4S.HI/c1-3-19(4-2)15(16)17-11-7-10-14-18-12-8-5-6-9-13(12)20-14;/h3-11H2,1-2H3,(H2,16,17);1H. The van der Waals surface area contributed by atoms with Crippen molar-refractivity contribution in [3.8, 4) is 0 Å². The second-order valence-electron chi connectivity index (χ2n) is 5.20. The normalized spacial score (nSPS) is 14.5. The molecule has 0 radical (unpaired) electrons. The third-order valence-electron chi connectivity index (χ3n) is 3.80. The molecule has 1 aliphatic rings. The number of guanidine groups is 1. The zero-order valence-corrected chi connectivity index (χ0v) is 16.2. The number of aromatic nitrogens is 1. The van der Waals surface area contributed by atoms with E-state index in [1.807, 2.05) is 11.3 Å². The van der Waals surface area contributed by atoms with Crippen molar-refractivity contribution in [1.82, 2.24) is 9.88 Å². The van der Waals surface area contributed by atoms with Crippen LogP contribution in [0.5, 0.6) is 0 Å². The molecule has 2 rings (SSSR count). The SMILES string of the molecule is CCN(CC)C(N)=NCCCc1nc2c(s1)CCCC2.I. The van der Waals surface area contributed by atoms with Crippen molar-refractivity contribution in [1.29, 1.82) is 0 Å². The van der Waals surface area contributed by atoms with Gasteiger partial charge >= 0.3 is 0 Å². The maximum atomic E-state index is 5.96. The summed E-state index contributed by atoms with van der Waals surface area (Å²) < 4.78 is 0. The van der Waals surface area contributed by atoms with E-state index in [4.69, 9.17) is 10.7 Å². The number of nitrogens with two attached hydrogens (primary N) is 1. The van der Waals surface area contributed by atoms with Crippen molar-refractivity contribution in [3.63, 3.8) is 0 Å². The third-order valence-corrected chi connectivity index (χ3v) is 5.02. The van der Waals surface area contributed by atoms with E-state index in [-0.39, 0.29) is 24.0 Å². The summed E-state index contributed by atoms with van der Waals surface area (Å²) in [6.45, 7) is 6.85. The van der Waals surface area contributed by atoms with Gasteiger partial charge < -0.3 is 10.6 Å². The fraction of sp³-hybridized carbons (Fsp3) is 0.733. The van der Waals surface area contributed by atoms with Crippen LogP contribution in [0.4, 0.5) is 0 Å². The van der Waals surface area contributed by atoms with Crippen LogP contribution in [0.15, 0.2) is 4.99 Å². The predicted octanol–water partition coefficient (Wildman–Crippen LogP) is 3.23. The first-order valence-corrected chi connectivity index (χ1v) is 8.58. The Bertz CT molecular complexity index is 431. The van der Waals surface area contributed by atoms with Gasteiger partial charge in [0.05, 0.1) is 10.7 Å². The fourth-order valence-electron chi connectivity index (χ4n) is 2.58. The number of rotatable bonds is 6. The second kappa shape index (κ2) is 9.61. The van der Waals surface area contributed by atoms with Crippen LogP contribution in [0.1, 0.15) is 48.7 Å². The Morgan fingerprint density at radius 2 is 2.00 bits per heavy atom. The minimum Gasteiger partial charge on any atom is -0.370 e. The highest BCUT2D eigenvalue weighted by Crippen LogP contribution is 2.27. The van der Waals surface area contributed by atoms with Crippen LogP contribution >= 0.6 is 35.3 Å². The summed E-state index contributed by atoms with van der Waals surface area (Å²) >= 11 is 1.91. The summed E-state index contributed by atoms with van der Waals surface area (Å²) in [7, 11) is 0. The molecule has 0 saturated carbocycles. The molecule has 120 valence electrons. The largest absolute Gasteiger partial charge is 0.370 e. The van der Waals surface area contributed by atoms with Crippen molar-refractivity contribution in [2.75, 3.05) is 19.6 Å². The van der Waals surface area contributed by atoms with Gasteiger partial charge in [0.2, 0.25) is 0 Å². The first kappa shape index (κ1) is 18.7. The maximum absolute atomic E-state index is 5.96. The molecule has 21 heavy (non-hydrogen) atoms. The lowest BCUT2D eigenvalue weighted by molar-refractivity contribution is 0.458. The molecule has 1 aromatic rings. The molecule has 0 spiro atoms. The third kappa shape index (κ3) is 5.39. The lowest BCUT2D eigenvalue weighted by Crippen LogP contribution is -2.37. The molecule has 6 heteroatoms. The quantitative estimate of drug-likeness (QED) is 0.332. The Labute approximate surface area is 149 Å².